The summed E-state index contributed by atoms with van der Waals surface area (Å²) in [6.07, 6.45) is -1.95. The van der Waals surface area contributed by atoms with Crippen LogP contribution in [0.4, 0.5) is 18.9 Å². The summed E-state index contributed by atoms with van der Waals surface area (Å²) in [6.45, 7) is -0.540. The number of carbonyl (C=O) groups is 2. The van der Waals surface area contributed by atoms with Gasteiger partial charge in [0.05, 0.1) is 17.5 Å². The predicted octanol–water partition coefficient (Wildman–Crippen LogP) is 5.27. The van der Waals surface area contributed by atoms with E-state index in [0.29, 0.717) is 29.1 Å². The smallest absolute Gasteiger partial charge is 0.416 e. The minimum Gasteiger partial charge on any atom is -0.467 e. The van der Waals surface area contributed by atoms with E-state index < -0.39 is 36.2 Å². The van der Waals surface area contributed by atoms with Crippen molar-refractivity contribution in [2.24, 2.45) is 10.3 Å². The Labute approximate surface area is 208 Å². The van der Waals surface area contributed by atoms with Crippen molar-refractivity contribution in [3.63, 3.8) is 0 Å². The summed E-state index contributed by atoms with van der Waals surface area (Å²) in [5.41, 5.74) is 0.455. The number of nitrogens with zero attached hydrogens (tertiary/aromatic N) is 3. The molecule has 3 aromatic rings. The number of hydrazone groups is 1. The molecule has 0 saturated carbocycles. The SMILES string of the molecule is O=C(/C=N\OCC(=O)N1N=C(c2ccc(Cl)cc2)C[C@H]1c1ccco1)Nc1cccc(C(F)(F)F)c1. The van der Waals surface area contributed by atoms with Gasteiger partial charge in [0.25, 0.3) is 11.8 Å². The van der Waals surface area contributed by atoms with Crippen molar-refractivity contribution in [3.8, 4) is 0 Å². The minimum absolute atomic E-state index is 0.0697. The first-order chi connectivity index (χ1) is 17.2. The fourth-order valence-corrected chi connectivity index (χ4v) is 3.58. The Bertz CT molecular complexity index is 1290. The highest BCUT2D eigenvalue weighted by molar-refractivity contribution is 6.31. The molecule has 1 aliphatic heterocycles. The monoisotopic (exact) mass is 518 g/mol. The molecule has 0 unspecified atom stereocenters. The van der Waals surface area contributed by atoms with Crippen LogP contribution in [-0.4, -0.2) is 35.4 Å². The van der Waals surface area contributed by atoms with Crippen LogP contribution in [-0.2, 0) is 20.6 Å². The molecular weight excluding hydrogens is 501 g/mol. The number of amides is 2. The molecule has 1 aliphatic rings. The maximum atomic E-state index is 12.8. The molecule has 1 aromatic heterocycles. The number of halogens is 4. The first kappa shape index (κ1) is 25.0. The van der Waals surface area contributed by atoms with Gasteiger partial charge >= 0.3 is 6.18 Å². The van der Waals surface area contributed by atoms with Gasteiger partial charge in [0.1, 0.15) is 18.0 Å². The third kappa shape index (κ3) is 6.11. The quantitative estimate of drug-likeness (QED) is 0.340. The number of oxime groups is 1. The lowest BCUT2D eigenvalue weighted by Crippen LogP contribution is -2.29. The number of hydrogen-bond acceptors (Lipinski definition) is 6. The topological polar surface area (TPSA) is 96.5 Å². The molecule has 12 heteroatoms. The number of hydrogen-bond donors (Lipinski definition) is 1. The number of rotatable bonds is 7. The second kappa shape index (κ2) is 10.6. The highest BCUT2D eigenvalue weighted by Crippen LogP contribution is 2.33. The van der Waals surface area contributed by atoms with Crippen molar-refractivity contribution in [1.82, 2.24) is 5.01 Å². The lowest BCUT2D eigenvalue weighted by molar-refractivity contribution is -0.138. The Morgan fingerprint density at radius 2 is 1.97 bits per heavy atom. The average molecular weight is 519 g/mol. The summed E-state index contributed by atoms with van der Waals surface area (Å²) < 4.78 is 43.9. The van der Waals surface area contributed by atoms with Gasteiger partial charge in [0, 0.05) is 17.1 Å². The molecule has 1 atom stereocenters. The molecule has 2 amide bonds. The molecule has 0 spiro atoms. The van der Waals surface area contributed by atoms with Gasteiger partial charge in [-0.05, 0) is 48.0 Å². The number of nitrogens with one attached hydrogen (secondary N) is 1. The molecule has 0 radical (unpaired) electrons. The van der Waals surface area contributed by atoms with Crippen molar-refractivity contribution >= 4 is 41.0 Å². The van der Waals surface area contributed by atoms with E-state index in [0.717, 1.165) is 23.8 Å². The van der Waals surface area contributed by atoms with Crippen LogP contribution >= 0.6 is 11.6 Å². The van der Waals surface area contributed by atoms with E-state index in [1.807, 2.05) is 0 Å². The van der Waals surface area contributed by atoms with Crippen LogP contribution < -0.4 is 5.32 Å². The van der Waals surface area contributed by atoms with Crippen LogP contribution in [0.3, 0.4) is 0 Å². The summed E-state index contributed by atoms with van der Waals surface area (Å²) in [5, 5.41) is 11.9. The molecule has 0 fully saturated rings. The summed E-state index contributed by atoms with van der Waals surface area (Å²) >= 11 is 5.95. The predicted molar refractivity (Wildman–Crippen MR) is 125 cm³/mol. The van der Waals surface area contributed by atoms with E-state index in [1.165, 1.54) is 17.3 Å². The standard InChI is InChI=1S/C24H18ClF3N4O4/c25-17-8-6-15(7-9-17)19-12-20(21-5-2-10-35-21)32(31-19)23(34)14-36-29-13-22(33)30-18-4-1-3-16(11-18)24(26,27)28/h1-11,13,20H,12,14H2,(H,30,33)/b29-13-/t20-/m0/s1. The van der Waals surface area contributed by atoms with E-state index in [4.69, 9.17) is 20.9 Å². The Hall–Kier alpha value is -4.12. The maximum absolute atomic E-state index is 12.8. The average Bonchev–Trinajstić information content (AvgIpc) is 3.52. The minimum atomic E-state index is -4.54. The van der Waals surface area contributed by atoms with E-state index in [-0.39, 0.29) is 5.69 Å². The van der Waals surface area contributed by atoms with E-state index >= 15 is 0 Å². The summed E-state index contributed by atoms with van der Waals surface area (Å²) in [4.78, 5) is 29.7. The van der Waals surface area contributed by atoms with Gasteiger partial charge < -0.3 is 14.6 Å². The lowest BCUT2D eigenvalue weighted by Gasteiger charge is -2.19. The van der Waals surface area contributed by atoms with Crippen LogP contribution in [0.5, 0.6) is 0 Å². The molecular formula is C24H18ClF3N4O4. The maximum Gasteiger partial charge on any atom is 0.416 e. The number of carbonyl (C=O) groups excluding carboxylic acids is 2. The molecule has 0 bridgehead atoms. The van der Waals surface area contributed by atoms with Crippen LogP contribution in [0.2, 0.25) is 5.02 Å². The molecule has 8 nitrogen and oxygen atoms in total. The third-order valence-corrected chi connectivity index (χ3v) is 5.36. The van der Waals surface area contributed by atoms with Gasteiger partial charge in [-0.2, -0.15) is 18.3 Å². The molecule has 1 N–H and O–H groups in total. The fraction of sp³-hybridized carbons (Fsp3) is 0.167. The van der Waals surface area contributed by atoms with Gasteiger partial charge in [0.2, 0.25) is 0 Å². The van der Waals surface area contributed by atoms with E-state index in [1.54, 1.807) is 36.4 Å². The van der Waals surface area contributed by atoms with Crippen molar-refractivity contribution in [2.45, 2.75) is 18.6 Å². The molecule has 0 saturated heterocycles. The Kier molecular flexibility index (Phi) is 7.39. The van der Waals surface area contributed by atoms with E-state index in [2.05, 4.69) is 15.6 Å². The molecule has 36 heavy (non-hydrogen) atoms. The van der Waals surface area contributed by atoms with Crippen molar-refractivity contribution < 1.29 is 32.0 Å². The highest BCUT2D eigenvalue weighted by Gasteiger charge is 2.35. The normalized spacial score (nSPS) is 15.7. The van der Waals surface area contributed by atoms with Crippen molar-refractivity contribution in [2.75, 3.05) is 11.9 Å². The van der Waals surface area contributed by atoms with Crippen LogP contribution in [0.15, 0.2) is 81.6 Å². The van der Waals surface area contributed by atoms with Gasteiger partial charge in [-0.25, -0.2) is 5.01 Å². The number of alkyl halides is 3. The molecule has 2 heterocycles. The van der Waals surface area contributed by atoms with Crippen LogP contribution in [0, 0.1) is 0 Å². The number of benzene rings is 2. The Morgan fingerprint density at radius 1 is 1.19 bits per heavy atom. The van der Waals surface area contributed by atoms with Gasteiger partial charge in [0.15, 0.2) is 6.61 Å². The zero-order valence-electron chi connectivity index (χ0n) is 18.4. The largest absolute Gasteiger partial charge is 0.467 e. The van der Waals surface area contributed by atoms with Gasteiger partial charge in [-0.15, -0.1) is 0 Å². The Morgan fingerprint density at radius 3 is 2.67 bits per heavy atom. The van der Waals surface area contributed by atoms with Gasteiger partial charge in [-0.3, -0.25) is 9.59 Å². The number of anilines is 1. The van der Waals surface area contributed by atoms with Crippen molar-refractivity contribution in [3.05, 3.63) is 88.8 Å². The molecule has 4 rings (SSSR count). The molecule has 2 aromatic carbocycles. The second-order valence-electron chi connectivity index (χ2n) is 7.60. The zero-order chi connectivity index (χ0) is 25.7. The number of furan rings is 1. The second-order valence-corrected chi connectivity index (χ2v) is 8.04. The molecule has 186 valence electrons. The lowest BCUT2D eigenvalue weighted by atomic mass is 10.0. The van der Waals surface area contributed by atoms with Crippen molar-refractivity contribution in [1.29, 1.82) is 0 Å². The van der Waals surface area contributed by atoms with Crippen LogP contribution in [0.25, 0.3) is 0 Å². The van der Waals surface area contributed by atoms with E-state index in [9.17, 15) is 22.8 Å². The summed E-state index contributed by atoms with van der Waals surface area (Å²) in [6, 6.07) is 14.1. The van der Waals surface area contributed by atoms with Gasteiger partial charge in [-0.1, -0.05) is 35.0 Å². The summed E-state index contributed by atoms with van der Waals surface area (Å²) in [5.74, 6) is -0.852. The first-order valence-corrected chi connectivity index (χ1v) is 10.9. The first-order valence-electron chi connectivity index (χ1n) is 10.5. The Balaban J connectivity index is 1.37. The summed E-state index contributed by atoms with van der Waals surface area (Å²) in [7, 11) is 0. The highest BCUT2D eigenvalue weighted by atomic mass is 35.5. The molecule has 0 aliphatic carbocycles. The zero-order valence-corrected chi connectivity index (χ0v) is 19.2. The third-order valence-electron chi connectivity index (χ3n) is 5.10. The van der Waals surface area contributed by atoms with Crippen LogP contribution in [0.1, 0.15) is 29.3 Å². The fourth-order valence-electron chi connectivity index (χ4n) is 3.45.